The van der Waals surface area contributed by atoms with Crippen LogP contribution in [0.25, 0.3) is 5.57 Å². The van der Waals surface area contributed by atoms with Gasteiger partial charge in [-0.05, 0) is 91.3 Å². The van der Waals surface area contributed by atoms with E-state index in [-0.39, 0.29) is 5.46 Å². The van der Waals surface area contributed by atoms with Gasteiger partial charge in [0.2, 0.25) is 0 Å². The Morgan fingerprint density at radius 2 is 1.84 bits per heavy atom. The SMILES string of the molecule is CC1=CC(C)=NC1=C(c1ccc(I)cc1B(F)F)c1[nH]c(C)cc1C. The molecule has 1 aromatic carbocycles. The third-order valence-electron chi connectivity index (χ3n) is 4.24. The van der Waals surface area contributed by atoms with E-state index in [1.807, 2.05) is 45.9 Å². The summed E-state index contributed by atoms with van der Waals surface area (Å²) in [4.78, 5) is 7.97. The predicted octanol–water partition coefficient (Wildman–Crippen LogP) is 5.05. The van der Waals surface area contributed by atoms with Gasteiger partial charge in [0.25, 0.3) is 0 Å². The van der Waals surface area contributed by atoms with Gasteiger partial charge in [0, 0.05) is 26.0 Å². The molecule has 0 saturated carbocycles. The number of aryl methyl sites for hydroxylation is 2. The molecule has 6 heteroatoms. The first-order valence-electron chi connectivity index (χ1n) is 8.00. The summed E-state index contributed by atoms with van der Waals surface area (Å²) in [5, 5.41) is 0. The molecule has 0 spiro atoms. The third kappa shape index (κ3) is 3.49. The topological polar surface area (TPSA) is 28.1 Å². The first kappa shape index (κ1) is 18.1. The number of nitrogens with zero attached hydrogens (tertiary/aromatic N) is 1. The Morgan fingerprint density at radius 1 is 1.12 bits per heavy atom. The second-order valence-corrected chi connectivity index (χ2v) is 7.59. The van der Waals surface area contributed by atoms with Crippen LogP contribution in [0, 0.1) is 17.4 Å². The Morgan fingerprint density at radius 3 is 2.36 bits per heavy atom. The van der Waals surface area contributed by atoms with Gasteiger partial charge in [0.1, 0.15) is 0 Å². The molecule has 1 aliphatic rings. The summed E-state index contributed by atoms with van der Waals surface area (Å²) < 4.78 is 28.3. The van der Waals surface area contributed by atoms with Crippen molar-refractivity contribution in [2.45, 2.75) is 27.7 Å². The quantitative estimate of drug-likeness (QED) is 0.501. The fraction of sp³-hybridized carbons (Fsp3) is 0.211. The molecule has 2 aromatic rings. The molecule has 0 unspecified atom stereocenters. The van der Waals surface area contributed by atoms with Gasteiger partial charge in [-0.1, -0.05) is 6.07 Å². The second-order valence-electron chi connectivity index (χ2n) is 6.35. The van der Waals surface area contributed by atoms with E-state index in [1.54, 1.807) is 12.1 Å². The largest absolute Gasteiger partial charge is 0.572 e. The smallest absolute Gasteiger partial charge is 0.358 e. The summed E-state index contributed by atoms with van der Waals surface area (Å²) in [5.74, 6) is 0. The van der Waals surface area contributed by atoms with Crippen LogP contribution in [0.4, 0.5) is 8.63 Å². The number of aromatic amines is 1. The van der Waals surface area contributed by atoms with E-state index in [0.717, 1.165) is 43.1 Å². The number of nitrogens with one attached hydrogen (secondary N) is 1. The number of aromatic nitrogens is 1. The van der Waals surface area contributed by atoms with Gasteiger partial charge in [0.15, 0.2) is 0 Å². The van der Waals surface area contributed by atoms with E-state index >= 15 is 0 Å². The van der Waals surface area contributed by atoms with Gasteiger partial charge in [-0.3, -0.25) is 13.6 Å². The number of rotatable bonds is 3. The minimum absolute atomic E-state index is 0.0357. The molecule has 0 bridgehead atoms. The van der Waals surface area contributed by atoms with Crippen molar-refractivity contribution in [2.24, 2.45) is 4.99 Å². The fourth-order valence-corrected chi connectivity index (χ4v) is 3.76. The monoisotopic (exact) mass is 450 g/mol. The number of H-pyrrole nitrogens is 1. The number of hydrogen-bond acceptors (Lipinski definition) is 1. The van der Waals surface area contributed by atoms with Crippen molar-refractivity contribution >= 4 is 46.6 Å². The Labute approximate surface area is 160 Å². The molecule has 2 nitrogen and oxygen atoms in total. The van der Waals surface area contributed by atoms with Crippen LogP contribution in [-0.4, -0.2) is 18.0 Å². The molecule has 0 saturated heterocycles. The standard InChI is InChI=1S/C19H18BF2IN2/c1-10-7-12(3)24-18(10)17(19-11(2)8-13(4)25-19)15-6-5-14(23)9-16(15)20(21)22/h5-9,24H,1-4H3. The summed E-state index contributed by atoms with van der Waals surface area (Å²) in [5.41, 5.74) is 6.79. The molecule has 1 aliphatic heterocycles. The summed E-state index contributed by atoms with van der Waals surface area (Å²) in [6, 6.07) is 7.21. The third-order valence-corrected chi connectivity index (χ3v) is 4.91. The van der Waals surface area contributed by atoms with Crippen LogP contribution >= 0.6 is 22.6 Å². The van der Waals surface area contributed by atoms with Crippen molar-refractivity contribution < 1.29 is 8.63 Å². The normalized spacial score (nSPS) is 16.0. The van der Waals surface area contributed by atoms with Gasteiger partial charge in [-0.25, -0.2) is 0 Å². The summed E-state index contributed by atoms with van der Waals surface area (Å²) >= 11 is 2.06. The van der Waals surface area contributed by atoms with Gasteiger partial charge < -0.3 is 4.98 Å². The molecular formula is C19H18BF2IN2. The average molecular weight is 450 g/mol. The molecule has 0 aliphatic carbocycles. The summed E-state index contributed by atoms with van der Waals surface area (Å²) in [7, 11) is -2.55. The molecule has 0 atom stereocenters. The van der Waals surface area contributed by atoms with Crippen LogP contribution in [0.2, 0.25) is 0 Å². The van der Waals surface area contributed by atoms with E-state index in [1.165, 1.54) is 0 Å². The van der Waals surface area contributed by atoms with Crippen LogP contribution < -0.4 is 5.46 Å². The van der Waals surface area contributed by atoms with Crippen LogP contribution in [0.5, 0.6) is 0 Å². The number of aliphatic imine (C=N–C) groups is 1. The highest BCUT2D eigenvalue weighted by Crippen LogP contribution is 2.34. The summed E-state index contributed by atoms with van der Waals surface area (Å²) in [6.07, 6.45) is 1.98. The Kier molecular flexibility index (Phi) is 5.00. The van der Waals surface area contributed by atoms with Crippen molar-refractivity contribution in [1.29, 1.82) is 0 Å². The number of halogens is 3. The zero-order valence-electron chi connectivity index (χ0n) is 14.5. The van der Waals surface area contributed by atoms with Crippen molar-refractivity contribution in [2.75, 3.05) is 0 Å². The van der Waals surface area contributed by atoms with Crippen LogP contribution in [-0.2, 0) is 0 Å². The first-order valence-corrected chi connectivity index (χ1v) is 9.08. The number of benzene rings is 1. The van der Waals surface area contributed by atoms with Crippen molar-refractivity contribution in [3.05, 3.63) is 67.7 Å². The van der Waals surface area contributed by atoms with E-state index in [0.29, 0.717) is 5.56 Å². The predicted molar refractivity (Wildman–Crippen MR) is 110 cm³/mol. The lowest BCUT2D eigenvalue weighted by Gasteiger charge is -2.15. The molecule has 128 valence electrons. The van der Waals surface area contributed by atoms with Crippen molar-refractivity contribution in [1.82, 2.24) is 4.98 Å². The maximum atomic E-state index is 13.8. The molecule has 1 N–H and O–H groups in total. The molecule has 2 heterocycles. The van der Waals surface area contributed by atoms with Gasteiger partial charge >= 0.3 is 7.27 Å². The van der Waals surface area contributed by atoms with Crippen LogP contribution in [0.3, 0.4) is 0 Å². The Bertz CT molecular complexity index is 939. The average Bonchev–Trinajstić information content (AvgIpc) is 3.02. The lowest BCUT2D eigenvalue weighted by Crippen LogP contribution is -2.25. The molecule has 1 aromatic heterocycles. The zero-order valence-corrected chi connectivity index (χ0v) is 16.7. The maximum absolute atomic E-state index is 13.8. The van der Waals surface area contributed by atoms with Crippen molar-refractivity contribution in [3.8, 4) is 0 Å². The Balaban J connectivity index is 2.38. The van der Waals surface area contributed by atoms with Crippen molar-refractivity contribution in [3.63, 3.8) is 0 Å². The van der Waals surface area contributed by atoms with E-state index < -0.39 is 7.27 Å². The molecule has 3 rings (SSSR count). The molecule has 25 heavy (non-hydrogen) atoms. The minimum atomic E-state index is -2.55. The first-order chi connectivity index (χ1) is 11.8. The zero-order chi connectivity index (χ0) is 18.3. The number of allylic oxidation sites excluding steroid dienone is 2. The van der Waals surface area contributed by atoms with Gasteiger partial charge in [-0.15, -0.1) is 0 Å². The Hall–Kier alpha value is -1.70. The van der Waals surface area contributed by atoms with E-state index in [9.17, 15) is 8.63 Å². The lowest BCUT2D eigenvalue weighted by molar-refractivity contribution is 0.684. The maximum Gasteiger partial charge on any atom is 0.572 e. The molecule has 0 amide bonds. The molecule has 0 fully saturated rings. The molecule has 0 radical (unpaired) electrons. The molecular weight excluding hydrogens is 432 g/mol. The highest BCUT2D eigenvalue weighted by atomic mass is 127. The van der Waals surface area contributed by atoms with Crippen LogP contribution in [0.15, 0.2) is 46.6 Å². The highest BCUT2D eigenvalue weighted by Gasteiger charge is 2.27. The van der Waals surface area contributed by atoms with E-state index in [4.69, 9.17) is 0 Å². The minimum Gasteiger partial charge on any atom is -0.358 e. The lowest BCUT2D eigenvalue weighted by atomic mass is 9.78. The fourth-order valence-electron chi connectivity index (χ4n) is 3.24. The number of hydrogen-bond donors (Lipinski definition) is 1. The van der Waals surface area contributed by atoms with Crippen LogP contribution in [0.1, 0.15) is 36.4 Å². The van der Waals surface area contributed by atoms with E-state index in [2.05, 4.69) is 32.6 Å². The second kappa shape index (κ2) is 6.90. The summed E-state index contributed by atoms with van der Waals surface area (Å²) in [6.45, 7) is 7.84. The van der Waals surface area contributed by atoms with Gasteiger partial charge in [-0.2, -0.15) is 0 Å². The highest BCUT2D eigenvalue weighted by molar-refractivity contribution is 14.1. The van der Waals surface area contributed by atoms with Gasteiger partial charge in [0.05, 0.1) is 11.4 Å².